The predicted molar refractivity (Wildman–Crippen MR) is 378 cm³/mol. The van der Waals surface area contributed by atoms with Crippen LogP contribution in [0.5, 0.6) is 0 Å². The van der Waals surface area contributed by atoms with Crippen LogP contribution in [-0.4, -0.2) is 240 Å². The summed E-state index contributed by atoms with van der Waals surface area (Å²) in [6.45, 7) is 14.7. The van der Waals surface area contributed by atoms with Crippen molar-refractivity contribution in [2.24, 2.45) is 17.8 Å². The first kappa shape index (κ1) is 80.6. The number of hydrogen-bond acceptors (Lipinski definition) is 12. The average Bonchev–Trinajstić information content (AvgIpc) is 0.807. The average molecular weight is 1480 g/mol. The standard InChI is InChI=1S/C72H104FIN12O12/c1-17-47(7)63-70(97)81(12)42-61(89)79(10)43-62(90)83(14)57(38-48-30-28-46(6)29-31-48)68(95)80(11)41-59(87)75-53(37-49-24-23-26-51(74)36-49)64(91)76-55(39-50-25-19-20-27-52(50)73)67(94)85(16)72(8,9)71(98)77-54(34-44(2)3)66(93)84(15)58(69(96)86-32-21-18-22-33-86)40-60(88)82(13)56(35-45(4)5)65(92)78-63/h19-20,23-31,36,44-45,47,53-58,63H,17-18,21-22,32-35,37-43H2,1-16H3,(H,75,87)(H,76,91)(H,77,98)(H,78,92)/t47-,53-,54-,55-,56-,57-,58?,63-/m0/s1. The first-order chi connectivity index (χ1) is 46.0. The molecule has 12 amide bonds. The van der Waals surface area contributed by atoms with Crippen molar-refractivity contribution in [2.75, 3.05) is 82.1 Å². The Morgan fingerprint density at radius 3 is 1.78 bits per heavy atom. The smallest absolute Gasteiger partial charge is 0.246 e. The number of likely N-dealkylation sites (tertiary alicyclic amines) is 1. The number of likely N-dealkylation sites (N-methyl/N-ethyl adjacent to an activating group) is 7. The van der Waals surface area contributed by atoms with Crippen LogP contribution < -0.4 is 21.3 Å². The molecule has 2 aliphatic rings. The fraction of sp³-hybridized carbons (Fsp3) is 0.583. The molecule has 5 rings (SSSR count). The minimum absolute atomic E-state index is 0.0259. The summed E-state index contributed by atoms with van der Waals surface area (Å²) in [6.07, 6.45) is 1.56. The molecule has 2 aliphatic heterocycles. The third-order valence-corrected chi connectivity index (χ3v) is 19.5. The molecule has 3 aromatic rings. The van der Waals surface area contributed by atoms with Gasteiger partial charge in [0, 0.05) is 85.3 Å². The molecule has 98 heavy (non-hydrogen) atoms. The Morgan fingerprint density at radius 1 is 0.571 bits per heavy atom. The van der Waals surface area contributed by atoms with Gasteiger partial charge in [-0.05, 0) is 128 Å². The van der Waals surface area contributed by atoms with Crippen LogP contribution in [0.3, 0.4) is 0 Å². The molecule has 0 aliphatic carbocycles. The van der Waals surface area contributed by atoms with E-state index in [1.807, 2.05) is 59.7 Å². The van der Waals surface area contributed by atoms with Crippen molar-refractivity contribution >= 4 is 93.5 Å². The number of benzene rings is 3. The second-order valence-corrected chi connectivity index (χ2v) is 29.1. The highest BCUT2D eigenvalue weighted by molar-refractivity contribution is 14.1. The largest absolute Gasteiger partial charge is 0.342 e. The quantitative estimate of drug-likeness (QED) is 0.174. The summed E-state index contributed by atoms with van der Waals surface area (Å²) < 4.78 is 16.5. The Labute approximate surface area is 591 Å². The summed E-state index contributed by atoms with van der Waals surface area (Å²) in [4.78, 5) is 187. The Balaban J connectivity index is 1.65. The molecule has 0 bridgehead atoms. The summed E-state index contributed by atoms with van der Waals surface area (Å²) in [5.41, 5.74) is 0.381. The number of piperidine rings is 1. The van der Waals surface area contributed by atoms with Crippen LogP contribution in [0.2, 0.25) is 0 Å². The number of rotatable bonds is 13. The van der Waals surface area contributed by atoms with Crippen molar-refractivity contribution in [1.82, 2.24) is 60.5 Å². The first-order valence-corrected chi connectivity index (χ1v) is 34.9. The van der Waals surface area contributed by atoms with E-state index in [4.69, 9.17) is 0 Å². The lowest BCUT2D eigenvalue weighted by Gasteiger charge is -2.39. The summed E-state index contributed by atoms with van der Waals surface area (Å²) in [6, 6.07) is 10.5. The van der Waals surface area contributed by atoms with Crippen LogP contribution >= 0.6 is 22.6 Å². The maximum absolute atomic E-state index is 15.7. The van der Waals surface area contributed by atoms with Gasteiger partial charge in [0.25, 0.3) is 0 Å². The third kappa shape index (κ3) is 22.2. The van der Waals surface area contributed by atoms with E-state index in [1.165, 1.54) is 91.2 Å². The molecule has 0 saturated carbocycles. The van der Waals surface area contributed by atoms with Crippen LogP contribution in [0.25, 0.3) is 0 Å². The van der Waals surface area contributed by atoms with E-state index in [0.29, 0.717) is 43.5 Å². The molecule has 1 unspecified atom stereocenters. The van der Waals surface area contributed by atoms with E-state index in [1.54, 1.807) is 48.2 Å². The SMILES string of the molecule is CC[C@H](C)[C@@H]1NC(=O)[C@H](CC(C)C)N(C)C(=O)CC(C(=O)N2CCCCC2)N(C)C(=O)[C@H](CC(C)C)NC(=O)C(C)(C)N(C)C(=O)[C@H](Cc2ccccc2F)NC(=O)[C@H](Cc2cccc(I)c2)NC(=O)CN(C)C(=O)[C@H](Cc2ccc(C)cc2)N(C)C(=O)CN(C)C(=O)CN(C)C1=O. The van der Waals surface area contributed by atoms with Crippen LogP contribution in [0, 0.1) is 34.1 Å². The van der Waals surface area contributed by atoms with Gasteiger partial charge in [-0.15, -0.1) is 0 Å². The number of nitrogens with zero attached hydrogens (tertiary/aromatic N) is 8. The van der Waals surface area contributed by atoms with Gasteiger partial charge in [-0.1, -0.05) is 108 Å². The number of aryl methyl sites for hydroxylation is 1. The minimum Gasteiger partial charge on any atom is -0.342 e. The molecule has 3 aromatic carbocycles. The maximum atomic E-state index is 15.7. The van der Waals surface area contributed by atoms with Gasteiger partial charge in [-0.3, -0.25) is 57.5 Å². The number of amides is 12. The zero-order valence-corrected chi connectivity index (χ0v) is 62.2. The number of halogens is 2. The van der Waals surface area contributed by atoms with Gasteiger partial charge in [-0.25, -0.2) is 4.39 Å². The third-order valence-electron chi connectivity index (χ3n) is 18.8. The zero-order valence-electron chi connectivity index (χ0n) is 60.0. The summed E-state index contributed by atoms with van der Waals surface area (Å²) >= 11 is 2.10. The highest BCUT2D eigenvalue weighted by Crippen LogP contribution is 2.24. The molecule has 2 heterocycles. The molecule has 0 radical (unpaired) electrons. The van der Waals surface area contributed by atoms with E-state index in [-0.39, 0.29) is 43.1 Å². The van der Waals surface area contributed by atoms with Gasteiger partial charge in [0.1, 0.15) is 53.6 Å². The van der Waals surface area contributed by atoms with E-state index in [0.717, 1.165) is 40.1 Å². The van der Waals surface area contributed by atoms with Gasteiger partial charge >= 0.3 is 0 Å². The monoisotopic (exact) mass is 1470 g/mol. The molecule has 538 valence electrons. The molecule has 4 N–H and O–H groups in total. The zero-order chi connectivity index (χ0) is 73.2. The summed E-state index contributed by atoms with van der Waals surface area (Å²) in [7, 11) is 9.62. The van der Waals surface area contributed by atoms with Gasteiger partial charge in [0.05, 0.1) is 26.1 Å². The highest BCUT2D eigenvalue weighted by Gasteiger charge is 2.44. The van der Waals surface area contributed by atoms with Crippen molar-refractivity contribution in [3.05, 3.63) is 104 Å². The van der Waals surface area contributed by atoms with Crippen molar-refractivity contribution in [3.63, 3.8) is 0 Å². The molecular weight excluding hydrogens is 1370 g/mol. The van der Waals surface area contributed by atoms with E-state index >= 15 is 18.8 Å². The molecule has 2 fully saturated rings. The normalized spacial score (nSPS) is 23.4. The molecule has 26 heteroatoms. The Bertz CT molecular complexity index is 3350. The fourth-order valence-corrected chi connectivity index (χ4v) is 12.5. The van der Waals surface area contributed by atoms with Crippen LogP contribution in [0.4, 0.5) is 4.39 Å². The lowest BCUT2D eigenvalue weighted by Crippen LogP contribution is -2.64. The van der Waals surface area contributed by atoms with E-state index in [9.17, 15) is 43.2 Å². The maximum Gasteiger partial charge on any atom is 0.246 e. The molecule has 0 aromatic heterocycles. The summed E-state index contributed by atoms with van der Waals surface area (Å²) in [5, 5.41) is 11.2. The Morgan fingerprint density at radius 2 is 1.17 bits per heavy atom. The number of carbonyl (C=O) groups excluding carboxylic acids is 12. The second-order valence-electron chi connectivity index (χ2n) is 27.8. The van der Waals surface area contributed by atoms with E-state index in [2.05, 4.69) is 43.9 Å². The Kier molecular flexibility index (Phi) is 30.2. The van der Waals surface area contributed by atoms with Gasteiger partial charge in [0.2, 0.25) is 70.9 Å². The number of hydrogen-bond donors (Lipinski definition) is 4. The molecule has 2 saturated heterocycles. The van der Waals surface area contributed by atoms with Gasteiger partial charge in [0.15, 0.2) is 0 Å². The number of carbonyl (C=O) groups is 12. The fourth-order valence-electron chi connectivity index (χ4n) is 11.9. The lowest BCUT2D eigenvalue weighted by atomic mass is 9.95. The Hall–Kier alpha value is -8.04. The molecule has 24 nitrogen and oxygen atoms in total. The first-order valence-electron chi connectivity index (χ1n) is 33.8. The predicted octanol–water partition coefficient (Wildman–Crippen LogP) is 4.35. The van der Waals surface area contributed by atoms with Gasteiger partial charge in [-0.2, -0.15) is 0 Å². The van der Waals surface area contributed by atoms with Crippen molar-refractivity contribution in [3.8, 4) is 0 Å². The molecule has 8 atom stereocenters. The lowest BCUT2D eigenvalue weighted by molar-refractivity contribution is -0.152. The van der Waals surface area contributed by atoms with Crippen molar-refractivity contribution in [1.29, 1.82) is 0 Å². The van der Waals surface area contributed by atoms with E-state index < -0.39 is 163 Å². The van der Waals surface area contributed by atoms with Crippen LogP contribution in [-0.2, 0) is 76.8 Å². The van der Waals surface area contributed by atoms with Crippen LogP contribution in [0.15, 0.2) is 72.8 Å². The number of nitrogens with one attached hydrogen (secondary N) is 4. The van der Waals surface area contributed by atoms with Gasteiger partial charge < -0.3 is 60.5 Å². The topological polar surface area (TPSA) is 279 Å². The minimum atomic E-state index is -1.84. The van der Waals surface area contributed by atoms with Crippen LogP contribution in [0.1, 0.15) is 123 Å². The molecule has 0 spiro atoms. The van der Waals surface area contributed by atoms with Crippen molar-refractivity contribution < 1.29 is 61.9 Å². The van der Waals surface area contributed by atoms with Crippen molar-refractivity contribution in [2.45, 2.75) is 174 Å². The summed E-state index contributed by atoms with van der Waals surface area (Å²) in [5.74, 6) is -10.3. The highest BCUT2D eigenvalue weighted by atomic mass is 127. The second kappa shape index (κ2) is 36.7. The molecular formula is C72H104FIN12O12.